The van der Waals surface area contributed by atoms with E-state index in [1.54, 1.807) is 17.6 Å². The van der Waals surface area contributed by atoms with E-state index in [0.29, 0.717) is 11.8 Å². The molecule has 3 nitrogen and oxygen atoms in total. The summed E-state index contributed by atoms with van der Waals surface area (Å²) in [7, 11) is 0. The van der Waals surface area contributed by atoms with Gasteiger partial charge in [0.1, 0.15) is 12.0 Å². The van der Waals surface area contributed by atoms with Gasteiger partial charge in [-0.1, -0.05) is 0 Å². The van der Waals surface area contributed by atoms with Crippen LogP contribution in [0.5, 0.6) is 0 Å². The molecule has 68 valence electrons. The fourth-order valence-electron chi connectivity index (χ4n) is 0.948. The zero-order chi connectivity index (χ0) is 9.26. The number of halogens is 1. The number of aryl methyl sites for hydroxylation is 1. The lowest BCUT2D eigenvalue weighted by Crippen LogP contribution is -1.79. The summed E-state index contributed by atoms with van der Waals surface area (Å²) >= 11 is 7.16. The number of rotatable bonds is 2. The monoisotopic (exact) mass is 214 g/mol. The summed E-state index contributed by atoms with van der Waals surface area (Å²) in [6, 6.07) is 0. The Labute approximate surface area is 84.4 Å². The topological polar surface area (TPSA) is 38.9 Å². The first kappa shape index (κ1) is 8.72. The Balaban J connectivity index is 2.35. The second kappa shape index (κ2) is 3.47. The molecule has 2 aromatic rings. The average molecular weight is 215 g/mol. The summed E-state index contributed by atoms with van der Waals surface area (Å²) in [4.78, 5) is 8.41. The Bertz CT molecular complexity index is 410. The summed E-state index contributed by atoms with van der Waals surface area (Å²) < 4.78 is 5.20. The number of aromatic nitrogens is 2. The van der Waals surface area contributed by atoms with Gasteiger partial charge in [-0.2, -0.15) is 0 Å². The molecule has 0 amide bonds. The molecule has 0 radical (unpaired) electrons. The second-order valence-electron chi connectivity index (χ2n) is 2.53. The molecule has 2 rings (SSSR count). The highest BCUT2D eigenvalue weighted by Crippen LogP contribution is 2.20. The van der Waals surface area contributed by atoms with E-state index in [1.165, 1.54) is 0 Å². The van der Waals surface area contributed by atoms with E-state index in [9.17, 15) is 0 Å². The maximum atomic E-state index is 5.59. The summed E-state index contributed by atoms with van der Waals surface area (Å²) in [5.41, 5.74) is 1.51. The van der Waals surface area contributed by atoms with Gasteiger partial charge < -0.3 is 4.42 Å². The van der Waals surface area contributed by atoms with Gasteiger partial charge in [0, 0.05) is 5.38 Å². The molecule has 0 aliphatic rings. The van der Waals surface area contributed by atoms with Gasteiger partial charge in [0.05, 0.1) is 16.6 Å². The number of hydrogen-bond donors (Lipinski definition) is 0. The molecule has 13 heavy (non-hydrogen) atoms. The molecular formula is C8H7ClN2OS. The number of nitrogens with zero attached hydrogens (tertiary/aromatic N) is 2. The first-order valence-corrected chi connectivity index (χ1v) is 5.14. The van der Waals surface area contributed by atoms with Gasteiger partial charge in [0.2, 0.25) is 5.89 Å². The minimum atomic E-state index is 0.368. The molecule has 0 bridgehead atoms. The fraction of sp³-hybridized carbons (Fsp3) is 0.250. The summed E-state index contributed by atoms with van der Waals surface area (Å²) in [5, 5.41) is 2.92. The van der Waals surface area contributed by atoms with Crippen LogP contribution in [0.4, 0.5) is 0 Å². The predicted molar refractivity (Wildman–Crippen MR) is 51.9 cm³/mol. The van der Waals surface area contributed by atoms with Crippen molar-refractivity contribution in [1.29, 1.82) is 0 Å². The van der Waals surface area contributed by atoms with Gasteiger partial charge in [-0.3, -0.25) is 0 Å². The first-order valence-electron chi connectivity index (χ1n) is 3.72. The van der Waals surface area contributed by atoms with Gasteiger partial charge in [-0.25, -0.2) is 9.97 Å². The van der Waals surface area contributed by atoms with Crippen molar-refractivity contribution in [2.24, 2.45) is 0 Å². The van der Waals surface area contributed by atoms with Crippen LogP contribution in [0.2, 0.25) is 0 Å². The van der Waals surface area contributed by atoms with Crippen molar-refractivity contribution >= 4 is 22.9 Å². The smallest absolute Gasteiger partial charge is 0.246 e. The lowest BCUT2D eigenvalue weighted by Gasteiger charge is -1.84. The number of hydrogen-bond acceptors (Lipinski definition) is 4. The van der Waals surface area contributed by atoms with E-state index in [0.717, 1.165) is 16.4 Å². The molecule has 0 fully saturated rings. The number of thiazole rings is 1. The minimum absolute atomic E-state index is 0.368. The largest absolute Gasteiger partial charge is 0.443 e. The Morgan fingerprint density at radius 3 is 2.92 bits per heavy atom. The predicted octanol–water partition coefficient (Wildman–Crippen LogP) is 2.85. The maximum Gasteiger partial charge on any atom is 0.246 e. The molecule has 0 atom stereocenters. The lowest BCUT2D eigenvalue weighted by atomic mass is 10.5. The maximum absolute atomic E-state index is 5.59. The van der Waals surface area contributed by atoms with Crippen LogP contribution < -0.4 is 0 Å². The van der Waals surface area contributed by atoms with Crippen molar-refractivity contribution in [3.8, 4) is 11.6 Å². The molecule has 0 N–H and O–H groups in total. The standard InChI is InChI=1S/C8H7ClN2OS/c1-5-10-7(4-13-5)8-11-6(2-9)3-12-8/h3-4H,2H2,1H3. The molecule has 2 aromatic heterocycles. The zero-order valence-corrected chi connectivity index (χ0v) is 8.52. The molecule has 0 saturated heterocycles. The molecule has 5 heteroatoms. The van der Waals surface area contributed by atoms with E-state index in [1.807, 2.05) is 12.3 Å². The van der Waals surface area contributed by atoms with Crippen molar-refractivity contribution in [2.75, 3.05) is 0 Å². The van der Waals surface area contributed by atoms with Crippen molar-refractivity contribution in [1.82, 2.24) is 9.97 Å². The van der Waals surface area contributed by atoms with E-state index in [-0.39, 0.29) is 0 Å². The first-order chi connectivity index (χ1) is 6.29. The van der Waals surface area contributed by atoms with E-state index < -0.39 is 0 Å². The van der Waals surface area contributed by atoms with Crippen LogP contribution in [0.25, 0.3) is 11.6 Å². The van der Waals surface area contributed by atoms with Crippen molar-refractivity contribution in [3.63, 3.8) is 0 Å². The van der Waals surface area contributed by atoms with Crippen molar-refractivity contribution in [2.45, 2.75) is 12.8 Å². The quantitative estimate of drug-likeness (QED) is 0.722. The van der Waals surface area contributed by atoms with E-state index in [4.69, 9.17) is 16.0 Å². The Kier molecular flexibility index (Phi) is 2.33. The third-order valence-electron chi connectivity index (χ3n) is 1.53. The summed E-state index contributed by atoms with van der Waals surface area (Å²) in [6.07, 6.45) is 1.55. The summed E-state index contributed by atoms with van der Waals surface area (Å²) in [6.45, 7) is 1.94. The van der Waals surface area contributed by atoms with Crippen LogP contribution in [0.15, 0.2) is 16.1 Å². The SMILES string of the molecule is Cc1nc(-c2nc(CCl)co2)cs1. The Morgan fingerprint density at radius 1 is 1.54 bits per heavy atom. The van der Waals surface area contributed by atoms with Crippen LogP contribution in [-0.2, 0) is 5.88 Å². The number of oxazole rings is 1. The summed E-state index contributed by atoms with van der Waals surface area (Å²) in [5.74, 6) is 0.909. The van der Waals surface area contributed by atoms with Gasteiger partial charge in [-0.05, 0) is 6.92 Å². The van der Waals surface area contributed by atoms with Gasteiger partial charge in [0.25, 0.3) is 0 Å². The fourth-order valence-corrected chi connectivity index (χ4v) is 1.66. The molecule has 0 spiro atoms. The van der Waals surface area contributed by atoms with Crippen LogP contribution in [0.1, 0.15) is 10.7 Å². The Hall–Kier alpha value is -0.870. The molecule has 0 unspecified atom stereocenters. The van der Waals surface area contributed by atoms with Crippen LogP contribution in [0.3, 0.4) is 0 Å². The molecule has 0 aliphatic carbocycles. The lowest BCUT2D eigenvalue weighted by molar-refractivity contribution is 0.571. The van der Waals surface area contributed by atoms with Crippen LogP contribution in [0, 0.1) is 6.92 Å². The highest BCUT2D eigenvalue weighted by Gasteiger charge is 2.08. The average Bonchev–Trinajstić information content (AvgIpc) is 2.71. The third kappa shape index (κ3) is 1.73. The van der Waals surface area contributed by atoms with E-state index >= 15 is 0 Å². The molecule has 0 aromatic carbocycles. The van der Waals surface area contributed by atoms with Crippen molar-refractivity contribution < 1.29 is 4.42 Å². The second-order valence-corrected chi connectivity index (χ2v) is 3.86. The van der Waals surface area contributed by atoms with Gasteiger partial charge in [0.15, 0.2) is 0 Å². The van der Waals surface area contributed by atoms with Crippen molar-refractivity contribution in [3.05, 3.63) is 22.3 Å². The highest BCUT2D eigenvalue weighted by atomic mass is 35.5. The molecule has 0 saturated carbocycles. The van der Waals surface area contributed by atoms with E-state index in [2.05, 4.69) is 9.97 Å². The normalized spacial score (nSPS) is 10.6. The van der Waals surface area contributed by atoms with Gasteiger partial charge >= 0.3 is 0 Å². The zero-order valence-electron chi connectivity index (χ0n) is 6.95. The highest BCUT2D eigenvalue weighted by molar-refractivity contribution is 7.09. The number of alkyl halides is 1. The molecular weight excluding hydrogens is 208 g/mol. The molecule has 2 heterocycles. The van der Waals surface area contributed by atoms with Crippen LogP contribution >= 0.6 is 22.9 Å². The Morgan fingerprint density at radius 2 is 2.38 bits per heavy atom. The minimum Gasteiger partial charge on any atom is -0.443 e. The third-order valence-corrected chi connectivity index (χ3v) is 2.57. The van der Waals surface area contributed by atoms with Crippen LogP contribution in [-0.4, -0.2) is 9.97 Å². The molecule has 0 aliphatic heterocycles. The van der Waals surface area contributed by atoms with Gasteiger partial charge in [-0.15, -0.1) is 22.9 Å².